The van der Waals surface area contributed by atoms with E-state index in [1.165, 1.54) is 18.3 Å². The van der Waals surface area contributed by atoms with E-state index < -0.39 is 10.8 Å². The molecule has 27 heavy (non-hydrogen) atoms. The third kappa shape index (κ3) is 5.19. The van der Waals surface area contributed by atoms with Crippen molar-refractivity contribution in [1.82, 2.24) is 9.78 Å². The number of rotatable bonds is 10. The summed E-state index contributed by atoms with van der Waals surface area (Å²) in [6.45, 7) is 7.23. The van der Waals surface area contributed by atoms with Crippen LogP contribution in [0, 0.1) is 10.1 Å². The molecule has 146 valence electrons. The van der Waals surface area contributed by atoms with Crippen molar-refractivity contribution >= 4 is 17.3 Å². The van der Waals surface area contributed by atoms with Gasteiger partial charge in [-0.3, -0.25) is 19.6 Å². The predicted molar refractivity (Wildman–Crippen MR) is 101 cm³/mol. The summed E-state index contributed by atoms with van der Waals surface area (Å²) >= 11 is 0. The number of ether oxygens (including phenoxy) is 2. The van der Waals surface area contributed by atoms with Crippen LogP contribution in [0.2, 0.25) is 0 Å². The Morgan fingerprint density at radius 1 is 1.19 bits per heavy atom. The van der Waals surface area contributed by atoms with Crippen LogP contribution in [0.25, 0.3) is 0 Å². The second-order valence-corrected chi connectivity index (χ2v) is 5.81. The molecule has 0 atom stereocenters. The van der Waals surface area contributed by atoms with Crippen molar-refractivity contribution in [3.8, 4) is 11.5 Å². The highest BCUT2D eigenvalue weighted by Crippen LogP contribution is 2.38. The van der Waals surface area contributed by atoms with E-state index in [0.29, 0.717) is 31.1 Å². The Labute approximate surface area is 157 Å². The zero-order chi connectivity index (χ0) is 19.8. The molecule has 0 unspecified atom stereocenters. The highest BCUT2D eigenvalue weighted by atomic mass is 16.6. The number of carbonyl (C=O) groups is 1. The topological polar surface area (TPSA) is 109 Å². The minimum Gasteiger partial charge on any atom is -0.490 e. The summed E-state index contributed by atoms with van der Waals surface area (Å²) in [5.41, 5.74) is 0.0962. The Morgan fingerprint density at radius 2 is 1.81 bits per heavy atom. The molecule has 1 N–H and O–H groups in total. The summed E-state index contributed by atoms with van der Waals surface area (Å²) in [5.74, 6) is 0.158. The molecule has 0 saturated carbocycles. The standard InChI is InChI=1S/C18H24N4O5/c1-4-7-26-16-9-14(15(22(24)25)10-17(16)27-8-5-2)20-18(23)13-11-19-21(6-3)12-13/h9-12H,4-8H2,1-3H3,(H,20,23). The zero-order valence-electron chi connectivity index (χ0n) is 15.7. The normalized spacial score (nSPS) is 10.5. The van der Waals surface area contributed by atoms with Crippen molar-refractivity contribution in [2.24, 2.45) is 0 Å². The third-order valence-corrected chi connectivity index (χ3v) is 3.65. The first-order chi connectivity index (χ1) is 13.0. The molecule has 0 spiro atoms. The monoisotopic (exact) mass is 376 g/mol. The number of nitro groups is 1. The van der Waals surface area contributed by atoms with E-state index in [0.717, 1.165) is 12.8 Å². The van der Waals surface area contributed by atoms with Crippen molar-refractivity contribution in [2.75, 3.05) is 18.5 Å². The molecule has 9 heteroatoms. The maximum atomic E-state index is 12.4. The Morgan fingerprint density at radius 3 is 2.33 bits per heavy atom. The number of aryl methyl sites for hydroxylation is 1. The van der Waals surface area contributed by atoms with Gasteiger partial charge in [0.2, 0.25) is 0 Å². The van der Waals surface area contributed by atoms with Gasteiger partial charge < -0.3 is 14.8 Å². The second-order valence-electron chi connectivity index (χ2n) is 5.81. The van der Waals surface area contributed by atoms with Gasteiger partial charge in [-0.1, -0.05) is 13.8 Å². The van der Waals surface area contributed by atoms with Crippen LogP contribution >= 0.6 is 0 Å². The Kier molecular flexibility index (Phi) is 7.16. The van der Waals surface area contributed by atoms with Crippen molar-refractivity contribution < 1.29 is 19.2 Å². The first-order valence-electron chi connectivity index (χ1n) is 8.91. The largest absolute Gasteiger partial charge is 0.490 e. The number of nitrogens with one attached hydrogen (secondary N) is 1. The van der Waals surface area contributed by atoms with Crippen LogP contribution in [-0.4, -0.2) is 33.8 Å². The molecular weight excluding hydrogens is 352 g/mol. The summed E-state index contributed by atoms with van der Waals surface area (Å²) in [4.78, 5) is 23.4. The van der Waals surface area contributed by atoms with Gasteiger partial charge in [0.25, 0.3) is 11.6 Å². The van der Waals surface area contributed by atoms with Crippen LogP contribution < -0.4 is 14.8 Å². The number of carbonyl (C=O) groups excluding carboxylic acids is 1. The molecule has 9 nitrogen and oxygen atoms in total. The molecule has 2 aromatic rings. The summed E-state index contributed by atoms with van der Waals surface area (Å²) in [5, 5.41) is 18.1. The zero-order valence-corrected chi connectivity index (χ0v) is 15.7. The van der Waals surface area contributed by atoms with E-state index in [4.69, 9.17) is 9.47 Å². The van der Waals surface area contributed by atoms with Gasteiger partial charge in [-0.05, 0) is 19.8 Å². The van der Waals surface area contributed by atoms with Crippen LogP contribution in [0.15, 0.2) is 24.5 Å². The fraction of sp³-hybridized carbons (Fsp3) is 0.444. The molecule has 0 aliphatic heterocycles. The van der Waals surface area contributed by atoms with E-state index in [2.05, 4.69) is 10.4 Å². The van der Waals surface area contributed by atoms with Gasteiger partial charge in [-0.2, -0.15) is 5.10 Å². The molecule has 1 heterocycles. The number of nitrogens with zero attached hydrogens (tertiary/aromatic N) is 3. The molecule has 0 fully saturated rings. The Balaban J connectivity index is 2.36. The first kappa shape index (κ1) is 20.2. The van der Waals surface area contributed by atoms with Crippen LogP contribution in [0.4, 0.5) is 11.4 Å². The van der Waals surface area contributed by atoms with Crippen LogP contribution in [0.1, 0.15) is 44.0 Å². The fourth-order valence-electron chi connectivity index (χ4n) is 2.30. The Bertz CT molecular complexity index is 803. The van der Waals surface area contributed by atoms with Gasteiger partial charge in [-0.15, -0.1) is 0 Å². The fourth-order valence-corrected chi connectivity index (χ4v) is 2.30. The lowest BCUT2D eigenvalue weighted by Gasteiger charge is -2.14. The maximum absolute atomic E-state index is 12.4. The van der Waals surface area contributed by atoms with E-state index in [1.54, 1.807) is 10.9 Å². The van der Waals surface area contributed by atoms with E-state index >= 15 is 0 Å². The number of aromatic nitrogens is 2. The molecule has 1 amide bonds. The SMILES string of the molecule is CCCOc1cc(NC(=O)c2cnn(CC)c2)c([N+](=O)[O-])cc1OCCC. The van der Waals surface area contributed by atoms with Gasteiger partial charge in [0.1, 0.15) is 5.69 Å². The lowest BCUT2D eigenvalue weighted by Crippen LogP contribution is -2.13. The number of benzene rings is 1. The summed E-state index contributed by atoms with van der Waals surface area (Å²) < 4.78 is 12.8. The van der Waals surface area contributed by atoms with Crippen LogP contribution in [-0.2, 0) is 6.54 Å². The number of hydrogen-bond acceptors (Lipinski definition) is 6. The lowest BCUT2D eigenvalue weighted by molar-refractivity contribution is -0.384. The lowest BCUT2D eigenvalue weighted by atomic mass is 10.2. The molecule has 1 aromatic heterocycles. The highest BCUT2D eigenvalue weighted by Gasteiger charge is 2.22. The Hall–Kier alpha value is -3.10. The number of nitro benzene ring substituents is 1. The van der Waals surface area contributed by atoms with Crippen LogP contribution in [0.5, 0.6) is 11.5 Å². The second kappa shape index (κ2) is 9.56. The molecule has 1 aromatic carbocycles. The smallest absolute Gasteiger partial charge is 0.296 e. The molecule has 0 aliphatic carbocycles. The van der Waals surface area contributed by atoms with Crippen molar-refractivity contribution in [3.63, 3.8) is 0 Å². The molecule has 0 saturated heterocycles. The van der Waals surface area contributed by atoms with Crippen molar-refractivity contribution in [3.05, 3.63) is 40.2 Å². The molecule has 0 aliphatic rings. The summed E-state index contributed by atoms with van der Waals surface area (Å²) in [6.07, 6.45) is 4.51. The predicted octanol–water partition coefficient (Wildman–Crippen LogP) is 3.64. The molecule has 2 rings (SSSR count). The van der Waals surface area contributed by atoms with E-state index in [-0.39, 0.29) is 17.1 Å². The summed E-state index contributed by atoms with van der Waals surface area (Å²) in [7, 11) is 0. The van der Waals surface area contributed by atoms with Crippen molar-refractivity contribution in [1.29, 1.82) is 0 Å². The minimum absolute atomic E-state index is 0.0456. The molecular formula is C18H24N4O5. The van der Waals surface area contributed by atoms with Gasteiger partial charge in [0, 0.05) is 18.8 Å². The third-order valence-electron chi connectivity index (χ3n) is 3.65. The van der Waals surface area contributed by atoms with E-state index in [1.807, 2.05) is 20.8 Å². The van der Waals surface area contributed by atoms with Crippen molar-refractivity contribution in [2.45, 2.75) is 40.2 Å². The average Bonchev–Trinajstić information content (AvgIpc) is 3.14. The van der Waals surface area contributed by atoms with Crippen LogP contribution in [0.3, 0.4) is 0 Å². The maximum Gasteiger partial charge on any atom is 0.296 e. The van der Waals surface area contributed by atoms with Gasteiger partial charge in [-0.25, -0.2) is 0 Å². The van der Waals surface area contributed by atoms with Gasteiger partial charge >= 0.3 is 0 Å². The molecule has 0 bridgehead atoms. The summed E-state index contributed by atoms with van der Waals surface area (Å²) in [6, 6.07) is 2.71. The first-order valence-corrected chi connectivity index (χ1v) is 8.91. The number of anilines is 1. The number of hydrogen-bond donors (Lipinski definition) is 1. The van der Waals surface area contributed by atoms with Gasteiger partial charge in [0.15, 0.2) is 11.5 Å². The minimum atomic E-state index is -0.562. The molecule has 0 radical (unpaired) electrons. The quantitative estimate of drug-likeness (QED) is 0.501. The average molecular weight is 376 g/mol. The highest BCUT2D eigenvalue weighted by molar-refractivity contribution is 6.05. The van der Waals surface area contributed by atoms with Gasteiger partial charge in [0.05, 0.1) is 36.0 Å². The number of amides is 1. The van der Waals surface area contributed by atoms with E-state index in [9.17, 15) is 14.9 Å².